The maximum atomic E-state index is 5.02. The van der Waals surface area contributed by atoms with E-state index in [1.807, 2.05) is 0 Å². The van der Waals surface area contributed by atoms with Crippen LogP contribution in [0.5, 0.6) is 0 Å². The van der Waals surface area contributed by atoms with Crippen LogP contribution in [0.3, 0.4) is 0 Å². The first-order chi connectivity index (χ1) is 4.91. The minimum atomic E-state index is -0.265. The molecule has 0 aliphatic heterocycles. The van der Waals surface area contributed by atoms with Crippen molar-refractivity contribution in [3.05, 3.63) is 0 Å². The Labute approximate surface area is 78.2 Å². The zero-order chi connectivity index (χ0) is 7.66. The predicted octanol–water partition coefficient (Wildman–Crippen LogP) is 3.58. The van der Waals surface area contributed by atoms with Crippen molar-refractivity contribution < 1.29 is 0 Å². The van der Waals surface area contributed by atoms with Gasteiger partial charge in [0, 0.05) is 0 Å². The summed E-state index contributed by atoms with van der Waals surface area (Å²) in [7, 11) is 5.02. The fourth-order valence-electron chi connectivity index (χ4n) is 0.977. The van der Waals surface area contributed by atoms with Crippen LogP contribution in [-0.2, 0) is 0 Å². The van der Waals surface area contributed by atoms with Crippen molar-refractivity contribution in [3.8, 4) is 0 Å². The first kappa shape index (κ1) is 11.0. The van der Waals surface area contributed by atoms with Gasteiger partial charge in [0.2, 0.25) is 0 Å². The van der Waals surface area contributed by atoms with Crippen LogP contribution in [0.1, 0.15) is 45.4 Å². The quantitative estimate of drug-likeness (QED) is 0.500. The first-order valence-corrected chi connectivity index (χ1v) is 10.2. The van der Waals surface area contributed by atoms with Crippen LogP contribution in [0.25, 0.3) is 0 Å². The molecule has 0 saturated heterocycles. The fraction of sp³-hybridized carbons (Fsp3) is 1.00. The van der Waals surface area contributed by atoms with Crippen molar-refractivity contribution in [1.29, 1.82) is 0 Å². The molecule has 0 aromatic carbocycles. The van der Waals surface area contributed by atoms with Gasteiger partial charge >= 0.3 is 78.4 Å². The van der Waals surface area contributed by atoms with Gasteiger partial charge in [0.05, 0.1) is 0 Å². The molecule has 0 rings (SSSR count). The minimum absolute atomic E-state index is 0.265. The Morgan fingerprint density at radius 3 is 2.20 bits per heavy atom. The molecule has 1 radical (unpaired) electrons. The molecule has 59 valence electrons. The summed E-state index contributed by atoms with van der Waals surface area (Å²) in [6.45, 7) is 2.26. The maximum absolute atomic E-state index is 5.02. The van der Waals surface area contributed by atoms with Crippen molar-refractivity contribution in [2.24, 2.45) is 0 Å². The van der Waals surface area contributed by atoms with Gasteiger partial charge in [0.1, 0.15) is 0 Å². The summed E-state index contributed by atoms with van der Waals surface area (Å²) in [4.78, 5) is 0. The van der Waals surface area contributed by atoms with E-state index < -0.39 is 0 Å². The molecule has 0 aliphatic rings. The number of unbranched alkanes of at least 4 members (excludes halogenated alkanes) is 5. The van der Waals surface area contributed by atoms with Gasteiger partial charge < -0.3 is 0 Å². The second-order valence-electron chi connectivity index (χ2n) is 2.66. The van der Waals surface area contributed by atoms with Crippen LogP contribution < -0.4 is 0 Å². The molecule has 10 heavy (non-hydrogen) atoms. The van der Waals surface area contributed by atoms with E-state index >= 15 is 0 Å². The average molecular weight is 264 g/mol. The Balaban J connectivity index is 2.70. The van der Waals surface area contributed by atoms with E-state index in [1.54, 1.807) is 0 Å². The fourth-order valence-corrected chi connectivity index (χ4v) is 3.07. The van der Waals surface area contributed by atoms with Gasteiger partial charge in [-0.15, -0.1) is 0 Å². The van der Waals surface area contributed by atoms with Gasteiger partial charge in [0.15, 0.2) is 0 Å². The van der Waals surface area contributed by atoms with Gasteiger partial charge in [-0.05, 0) is 0 Å². The molecule has 0 bridgehead atoms. The molecule has 0 saturated carbocycles. The van der Waals surface area contributed by atoms with Gasteiger partial charge in [0.25, 0.3) is 0 Å². The molecule has 0 amide bonds. The number of rotatable bonds is 7. The summed E-state index contributed by atoms with van der Waals surface area (Å²) in [5.74, 6) is 0. The Bertz CT molecular complexity index is 73.7. The van der Waals surface area contributed by atoms with Crippen LogP contribution in [0.15, 0.2) is 0 Å². The van der Waals surface area contributed by atoms with E-state index in [0.29, 0.717) is 0 Å². The molecular weight excluding hydrogens is 247 g/mol. The summed E-state index contributed by atoms with van der Waals surface area (Å²) < 4.78 is 1.42. The van der Waals surface area contributed by atoms with Gasteiger partial charge in [-0.1, -0.05) is 0 Å². The zero-order valence-electron chi connectivity index (χ0n) is 6.86. The van der Waals surface area contributed by atoms with E-state index in [1.165, 1.54) is 43.0 Å². The van der Waals surface area contributed by atoms with Crippen LogP contribution in [-0.4, -0.2) is 19.2 Å². The molecule has 0 aliphatic carbocycles. The van der Waals surface area contributed by atoms with Crippen LogP contribution >= 0.6 is 9.29 Å². The Morgan fingerprint density at radius 2 is 1.60 bits per heavy atom. The van der Waals surface area contributed by atoms with E-state index in [4.69, 9.17) is 9.29 Å². The summed E-state index contributed by atoms with van der Waals surface area (Å²) >= 11 is -0.265. The Kier molecular flexibility index (Phi) is 11.0. The third-order valence-electron chi connectivity index (χ3n) is 1.63. The predicted molar refractivity (Wildman–Crippen MR) is 51.5 cm³/mol. The molecule has 0 spiro atoms. The van der Waals surface area contributed by atoms with Crippen molar-refractivity contribution in [2.45, 2.75) is 49.9 Å². The molecular formula is C8H17SSn. The Morgan fingerprint density at radius 1 is 1.00 bits per heavy atom. The molecule has 0 N–H and O–H groups in total. The second-order valence-corrected chi connectivity index (χ2v) is 6.85. The normalized spacial score (nSPS) is 9.70. The monoisotopic (exact) mass is 265 g/mol. The van der Waals surface area contributed by atoms with Crippen molar-refractivity contribution in [3.63, 3.8) is 0 Å². The van der Waals surface area contributed by atoms with Crippen molar-refractivity contribution in [1.82, 2.24) is 0 Å². The Hall–Kier alpha value is 1.02. The summed E-state index contributed by atoms with van der Waals surface area (Å²) in [6.07, 6.45) is 8.55. The third kappa shape index (κ3) is 9.02. The summed E-state index contributed by atoms with van der Waals surface area (Å²) in [6, 6.07) is 0. The van der Waals surface area contributed by atoms with Crippen molar-refractivity contribution in [2.75, 3.05) is 0 Å². The van der Waals surface area contributed by atoms with Gasteiger partial charge in [-0.3, -0.25) is 0 Å². The molecule has 0 unspecified atom stereocenters. The molecule has 0 atom stereocenters. The van der Waals surface area contributed by atoms with Crippen LogP contribution in [0.4, 0.5) is 0 Å². The van der Waals surface area contributed by atoms with E-state index in [0.717, 1.165) is 0 Å². The third-order valence-corrected chi connectivity index (χ3v) is 4.59. The average Bonchev–Trinajstić information content (AvgIpc) is 1.97. The van der Waals surface area contributed by atoms with E-state index in [-0.39, 0.29) is 19.2 Å². The number of hydrogen-bond acceptors (Lipinski definition) is 1. The van der Waals surface area contributed by atoms with Crippen molar-refractivity contribution >= 4 is 28.5 Å². The molecule has 2 heteroatoms. The number of hydrogen-bond donors (Lipinski definition) is 0. The molecule has 0 heterocycles. The van der Waals surface area contributed by atoms with Crippen LogP contribution in [0.2, 0.25) is 4.44 Å². The SMILES string of the molecule is CCCCCCC[CH2][Sn]=[S]. The van der Waals surface area contributed by atoms with Crippen LogP contribution in [0, 0.1) is 0 Å². The van der Waals surface area contributed by atoms with Gasteiger partial charge in [-0.25, -0.2) is 0 Å². The van der Waals surface area contributed by atoms with E-state index in [9.17, 15) is 0 Å². The zero-order valence-corrected chi connectivity index (χ0v) is 10.5. The molecule has 0 aromatic rings. The standard InChI is InChI=1S/C8H17.S.Sn/c1-3-5-7-8-6-4-2;;/h1,3-8H2,2H3;;. The topological polar surface area (TPSA) is 0 Å². The molecule has 0 nitrogen and oxygen atoms in total. The summed E-state index contributed by atoms with van der Waals surface area (Å²) in [5, 5.41) is 0. The molecule has 0 aromatic heterocycles. The summed E-state index contributed by atoms with van der Waals surface area (Å²) in [5.41, 5.74) is 0. The second kappa shape index (κ2) is 10.0. The first-order valence-electron chi connectivity index (χ1n) is 4.26. The molecule has 0 fully saturated rings. The van der Waals surface area contributed by atoms with E-state index in [2.05, 4.69) is 6.92 Å². The van der Waals surface area contributed by atoms with Gasteiger partial charge in [-0.2, -0.15) is 0 Å².